The Balaban J connectivity index is 1.94. The maximum Gasteiger partial charge on any atom is 0.225 e. The molecule has 1 aromatic carbocycles. The van der Waals surface area contributed by atoms with Crippen molar-refractivity contribution in [3.8, 4) is 0 Å². The van der Waals surface area contributed by atoms with Crippen molar-refractivity contribution in [3.63, 3.8) is 0 Å². The van der Waals surface area contributed by atoms with Gasteiger partial charge in [0.1, 0.15) is 0 Å². The third-order valence-corrected chi connectivity index (χ3v) is 4.41. The van der Waals surface area contributed by atoms with Crippen molar-refractivity contribution >= 4 is 21.8 Å². The topological polar surface area (TPSA) is 41.1 Å². The summed E-state index contributed by atoms with van der Waals surface area (Å²) >= 11 is 3.58. The summed E-state index contributed by atoms with van der Waals surface area (Å²) in [5.74, 6) is 0.00314. The zero-order valence-corrected chi connectivity index (χ0v) is 12.7. The first-order valence-electron chi connectivity index (χ1n) is 6.49. The van der Waals surface area contributed by atoms with Gasteiger partial charge in [0.15, 0.2) is 0 Å². The Morgan fingerprint density at radius 1 is 1.53 bits per heavy atom. The van der Waals surface area contributed by atoms with Crippen LogP contribution in [0.4, 0.5) is 0 Å². The number of halogens is 1. The average molecular weight is 323 g/mol. The lowest BCUT2D eigenvalue weighted by Crippen LogP contribution is -2.32. The molecule has 0 heterocycles. The van der Waals surface area contributed by atoms with Gasteiger partial charge in [0.2, 0.25) is 5.91 Å². The summed E-state index contributed by atoms with van der Waals surface area (Å²) in [5.41, 5.74) is 2.61. The van der Waals surface area contributed by atoms with Crippen molar-refractivity contribution < 1.29 is 4.79 Å². The van der Waals surface area contributed by atoms with Gasteiger partial charge in [-0.15, -0.1) is 0 Å². The van der Waals surface area contributed by atoms with Crippen molar-refractivity contribution in [1.29, 1.82) is 0 Å². The van der Waals surface area contributed by atoms with Crippen LogP contribution in [-0.2, 0) is 10.3 Å². The zero-order chi connectivity index (χ0) is 13.9. The molecule has 1 aliphatic carbocycles. The molecule has 0 saturated heterocycles. The summed E-state index contributed by atoms with van der Waals surface area (Å²) < 4.78 is 1.14. The van der Waals surface area contributed by atoms with E-state index >= 15 is 0 Å². The molecule has 1 aromatic rings. The minimum atomic E-state index is 0.00314. The molecular formula is C15H19BrN2O. The fraction of sp³-hybridized carbons (Fsp3) is 0.400. The molecule has 19 heavy (non-hydrogen) atoms. The van der Waals surface area contributed by atoms with E-state index in [9.17, 15) is 4.79 Å². The second kappa shape index (κ2) is 5.88. The molecule has 1 aliphatic rings. The van der Waals surface area contributed by atoms with Crippen LogP contribution in [0.2, 0.25) is 0 Å². The molecule has 102 valence electrons. The molecule has 0 bridgehead atoms. The number of hydrogen-bond acceptors (Lipinski definition) is 2. The molecule has 0 aliphatic heterocycles. The Bertz CT molecular complexity index is 495. The molecule has 2 rings (SSSR count). The highest BCUT2D eigenvalue weighted by Gasteiger charge is 2.43. The number of amides is 1. The predicted molar refractivity (Wildman–Crippen MR) is 80.8 cm³/mol. The van der Waals surface area contributed by atoms with Crippen LogP contribution < -0.4 is 10.6 Å². The van der Waals surface area contributed by atoms with Crippen molar-refractivity contribution in [2.24, 2.45) is 0 Å². The Labute approximate surface area is 122 Å². The SMILES string of the molecule is C=CNC(=O)CCNC1(c2ccc(C)c(Br)c2)CC1. The van der Waals surface area contributed by atoms with Gasteiger partial charge < -0.3 is 10.6 Å². The zero-order valence-electron chi connectivity index (χ0n) is 11.1. The summed E-state index contributed by atoms with van der Waals surface area (Å²) in [7, 11) is 0. The van der Waals surface area contributed by atoms with Gasteiger partial charge >= 0.3 is 0 Å². The fourth-order valence-electron chi connectivity index (χ4n) is 2.18. The maximum absolute atomic E-state index is 11.4. The Hall–Kier alpha value is -1.13. The number of carbonyl (C=O) groups excluding carboxylic acids is 1. The van der Waals surface area contributed by atoms with Crippen molar-refractivity contribution in [1.82, 2.24) is 10.6 Å². The van der Waals surface area contributed by atoms with E-state index in [-0.39, 0.29) is 11.4 Å². The van der Waals surface area contributed by atoms with Gasteiger partial charge in [0.25, 0.3) is 0 Å². The molecule has 2 N–H and O–H groups in total. The largest absolute Gasteiger partial charge is 0.333 e. The monoisotopic (exact) mass is 322 g/mol. The lowest BCUT2D eigenvalue weighted by Gasteiger charge is -2.18. The van der Waals surface area contributed by atoms with Crippen LogP contribution in [-0.4, -0.2) is 12.5 Å². The summed E-state index contributed by atoms with van der Waals surface area (Å²) in [6.45, 7) is 6.25. The molecule has 3 nitrogen and oxygen atoms in total. The van der Waals surface area contributed by atoms with E-state index < -0.39 is 0 Å². The molecule has 1 fully saturated rings. The number of rotatable bonds is 6. The van der Waals surface area contributed by atoms with E-state index in [0.717, 1.165) is 17.3 Å². The minimum Gasteiger partial charge on any atom is -0.333 e. The summed E-state index contributed by atoms with van der Waals surface area (Å²) in [5, 5.41) is 6.09. The molecular weight excluding hydrogens is 304 g/mol. The molecule has 1 saturated carbocycles. The van der Waals surface area contributed by atoms with Gasteiger partial charge in [-0.05, 0) is 43.2 Å². The van der Waals surface area contributed by atoms with Crippen LogP contribution in [0.15, 0.2) is 35.5 Å². The number of benzene rings is 1. The fourth-order valence-corrected chi connectivity index (χ4v) is 2.56. The van der Waals surface area contributed by atoms with Gasteiger partial charge in [-0.3, -0.25) is 4.79 Å². The summed E-state index contributed by atoms with van der Waals surface area (Å²) in [6, 6.07) is 6.48. The molecule has 0 unspecified atom stereocenters. The number of aryl methyl sites for hydroxylation is 1. The van der Waals surface area contributed by atoms with Gasteiger partial charge in [-0.2, -0.15) is 0 Å². The van der Waals surface area contributed by atoms with Gasteiger partial charge in [-0.1, -0.05) is 34.6 Å². The normalized spacial score (nSPS) is 15.9. The van der Waals surface area contributed by atoms with E-state index in [0.29, 0.717) is 13.0 Å². The molecule has 0 atom stereocenters. The van der Waals surface area contributed by atoms with Crippen LogP contribution in [0.5, 0.6) is 0 Å². The van der Waals surface area contributed by atoms with E-state index in [2.05, 4.69) is 58.3 Å². The molecule has 0 spiro atoms. The standard InChI is InChI=1S/C15H19BrN2O/c1-3-17-14(19)6-9-18-15(7-8-15)12-5-4-11(2)13(16)10-12/h3-5,10,18H,1,6-9H2,2H3,(H,17,19). The van der Waals surface area contributed by atoms with Gasteiger partial charge in [0, 0.05) is 23.0 Å². The van der Waals surface area contributed by atoms with E-state index in [1.54, 1.807) is 0 Å². The smallest absolute Gasteiger partial charge is 0.225 e. The first-order chi connectivity index (χ1) is 9.07. The lowest BCUT2D eigenvalue weighted by molar-refractivity contribution is -0.120. The van der Waals surface area contributed by atoms with Crippen LogP contribution in [0.3, 0.4) is 0 Å². The molecule has 1 amide bonds. The minimum absolute atomic E-state index is 0.00314. The number of carbonyl (C=O) groups is 1. The quantitative estimate of drug-likeness (QED) is 0.845. The first kappa shape index (κ1) is 14.3. The van der Waals surface area contributed by atoms with Crippen LogP contribution in [0, 0.1) is 6.92 Å². The number of nitrogens with one attached hydrogen (secondary N) is 2. The van der Waals surface area contributed by atoms with E-state index in [4.69, 9.17) is 0 Å². The Morgan fingerprint density at radius 3 is 2.84 bits per heavy atom. The maximum atomic E-state index is 11.4. The van der Waals surface area contributed by atoms with Crippen LogP contribution in [0.25, 0.3) is 0 Å². The summed E-state index contributed by atoms with van der Waals surface area (Å²) in [4.78, 5) is 11.4. The molecule has 0 radical (unpaired) electrons. The average Bonchev–Trinajstić information content (AvgIpc) is 3.14. The van der Waals surface area contributed by atoms with Crippen molar-refractivity contribution in [2.75, 3.05) is 6.54 Å². The summed E-state index contributed by atoms with van der Waals surface area (Å²) in [6.07, 6.45) is 4.16. The van der Waals surface area contributed by atoms with Gasteiger partial charge in [0.05, 0.1) is 0 Å². The Kier molecular flexibility index (Phi) is 4.42. The van der Waals surface area contributed by atoms with E-state index in [1.165, 1.54) is 17.3 Å². The van der Waals surface area contributed by atoms with Crippen molar-refractivity contribution in [2.45, 2.75) is 31.7 Å². The highest BCUT2D eigenvalue weighted by atomic mass is 79.9. The molecule has 4 heteroatoms. The second-order valence-electron chi connectivity index (χ2n) is 4.99. The Morgan fingerprint density at radius 2 is 2.26 bits per heavy atom. The second-order valence-corrected chi connectivity index (χ2v) is 5.85. The van der Waals surface area contributed by atoms with Crippen molar-refractivity contribution in [3.05, 3.63) is 46.6 Å². The molecule has 0 aromatic heterocycles. The third-order valence-electron chi connectivity index (χ3n) is 3.55. The third kappa shape index (κ3) is 3.45. The van der Waals surface area contributed by atoms with E-state index in [1.807, 2.05) is 0 Å². The lowest BCUT2D eigenvalue weighted by atomic mass is 10.0. The highest BCUT2D eigenvalue weighted by Crippen LogP contribution is 2.46. The predicted octanol–water partition coefficient (Wildman–Crippen LogP) is 2.99. The highest BCUT2D eigenvalue weighted by molar-refractivity contribution is 9.10. The first-order valence-corrected chi connectivity index (χ1v) is 7.29. The van der Waals surface area contributed by atoms with Gasteiger partial charge in [-0.25, -0.2) is 0 Å². The number of hydrogen-bond donors (Lipinski definition) is 2. The van der Waals surface area contributed by atoms with Crippen LogP contribution in [0.1, 0.15) is 30.4 Å². The van der Waals surface area contributed by atoms with Crippen LogP contribution >= 0.6 is 15.9 Å².